The molecule has 5 aliphatic carbocycles. The van der Waals surface area contributed by atoms with Crippen LogP contribution in [0.3, 0.4) is 0 Å². The van der Waals surface area contributed by atoms with Crippen LogP contribution < -0.4 is 0 Å². The highest BCUT2D eigenvalue weighted by Crippen LogP contribution is 2.69. The van der Waals surface area contributed by atoms with Crippen LogP contribution in [0.2, 0.25) is 5.15 Å². The number of hydrogen-bond donors (Lipinski definition) is 0. The number of rotatable bonds is 4. The molecule has 5 fully saturated rings. The van der Waals surface area contributed by atoms with Crippen molar-refractivity contribution in [3.05, 3.63) is 16.9 Å². The van der Waals surface area contributed by atoms with Gasteiger partial charge in [-0.15, -0.1) is 0 Å². The molecular formula is C28H38ClN3O. The summed E-state index contributed by atoms with van der Waals surface area (Å²) < 4.78 is 1.60. The van der Waals surface area contributed by atoms with Gasteiger partial charge in [-0.25, -0.2) is 0 Å². The van der Waals surface area contributed by atoms with Crippen molar-refractivity contribution in [1.82, 2.24) is 9.78 Å². The van der Waals surface area contributed by atoms with E-state index in [1.165, 1.54) is 57.8 Å². The molecule has 1 unspecified atom stereocenters. The van der Waals surface area contributed by atoms with Crippen molar-refractivity contribution >= 4 is 17.4 Å². The second-order valence-corrected chi connectivity index (χ2v) is 13.1. The molecule has 0 aromatic carbocycles. The van der Waals surface area contributed by atoms with Gasteiger partial charge < -0.3 is 0 Å². The van der Waals surface area contributed by atoms with Crippen LogP contribution in [0.25, 0.3) is 0 Å². The number of carbonyl (C=O) groups excluding carboxylic acids is 1. The Hall–Kier alpha value is -1.34. The summed E-state index contributed by atoms with van der Waals surface area (Å²) in [4.78, 5) is 13.7. The van der Waals surface area contributed by atoms with Crippen molar-refractivity contribution in [3.63, 3.8) is 0 Å². The molecule has 0 N–H and O–H groups in total. The van der Waals surface area contributed by atoms with Gasteiger partial charge in [0.15, 0.2) is 10.9 Å². The van der Waals surface area contributed by atoms with Crippen molar-refractivity contribution < 1.29 is 4.79 Å². The highest BCUT2D eigenvalue weighted by molar-refractivity contribution is 6.30. The van der Waals surface area contributed by atoms with E-state index in [1.807, 2.05) is 0 Å². The van der Waals surface area contributed by atoms with Crippen molar-refractivity contribution in [2.45, 2.75) is 84.6 Å². The maximum Gasteiger partial charge on any atom is 0.168 e. The summed E-state index contributed by atoms with van der Waals surface area (Å²) in [5.74, 6) is 7.37. The van der Waals surface area contributed by atoms with E-state index in [0.29, 0.717) is 11.3 Å². The smallest absolute Gasteiger partial charge is 0.168 e. The van der Waals surface area contributed by atoms with Crippen LogP contribution in [-0.2, 0) is 11.3 Å². The lowest BCUT2D eigenvalue weighted by molar-refractivity contribution is -0.131. The van der Waals surface area contributed by atoms with Gasteiger partial charge in [0.25, 0.3) is 0 Å². The summed E-state index contributed by atoms with van der Waals surface area (Å²) >= 11 is 6.07. The fourth-order valence-electron chi connectivity index (χ4n) is 9.60. The number of halogens is 1. The van der Waals surface area contributed by atoms with Gasteiger partial charge in [-0.3, -0.25) is 9.48 Å². The summed E-state index contributed by atoms with van der Waals surface area (Å²) in [5.41, 5.74) is 0.491. The van der Waals surface area contributed by atoms with Crippen LogP contribution in [0, 0.1) is 70.0 Å². The minimum atomic E-state index is 0.131. The van der Waals surface area contributed by atoms with Crippen molar-refractivity contribution in [2.75, 3.05) is 0 Å². The first kappa shape index (κ1) is 22.1. The Morgan fingerprint density at radius 3 is 2.58 bits per heavy atom. The van der Waals surface area contributed by atoms with Crippen molar-refractivity contribution in [1.29, 1.82) is 5.26 Å². The molecule has 0 amide bonds. The molecule has 5 aliphatic rings. The molecule has 4 nitrogen and oxygen atoms in total. The second-order valence-electron chi connectivity index (χ2n) is 12.7. The standard InChI is InChI=1S/C28H38ClN3O/c1-16-3-7-20-18(11-16)6-8-22-21(20)9-10-28(2)24(12-23(26(22)28)17-4-5-17)25(33)15-32-14-19(13-30)27(29)31-32/h14,16-18,20-24,26H,3-12,15H2,1-2H3/t16-,18+,20-,21+,22+,23-,24+,26?,28+/m0/s1. The van der Waals surface area contributed by atoms with Crippen LogP contribution in [-0.4, -0.2) is 15.6 Å². The lowest BCUT2D eigenvalue weighted by Gasteiger charge is -2.57. The summed E-state index contributed by atoms with van der Waals surface area (Å²) in [6.07, 6.45) is 15.2. The molecule has 1 heterocycles. The Labute approximate surface area is 203 Å². The zero-order valence-corrected chi connectivity index (χ0v) is 20.9. The third kappa shape index (κ3) is 3.60. The van der Waals surface area contributed by atoms with Gasteiger partial charge in [-0.1, -0.05) is 31.9 Å². The highest BCUT2D eigenvalue weighted by atomic mass is 35.5. The van der Waals surface area contributed by atoms with Crippen LogP contribution in [0.15, 0.2) is 6.20 Å². The first-order valence-electron chi connectivity index (χ1n) is 13.5. The average molecular weight is 468 g/mol. The van der Waals surface area contributed by atoms with E-state index in [9.17, 15) is 10.1 Å². The number of nitriles is 1. The molecule has 33 heavy (non-hydrogen) atoms. The lowest BCUT2D eigenvalue weighted by atomic mass is 9.48. The van der Waals surface area contributed by atoms with E-state index in [4.69, 9.17) is 11.6 Å². The zero-order valence-electron chi connectivity index (χ0n) is 20.2. The third-order valence-electron chi connectivity index (χ3n) is 11.0. The number of nitrogens with zero attached hydrogens (tertiary/aromatic N) is 3. The highest BCUT2D eigenvalue weighted by Gasteiger charge is 2.63. The van der Waals surface area contributed by atoms with E-state index in [0.717, 1.165) is 53.8 Å². The summed E-state index contributed by atoms with van der Waals surface area (Å²) in [7, 11) is 0. The fraction of sp³-hybridized carbons (Fsp3) is 0.821. The van der Waals surface area contributed by atoms with Gasteiger partial charge in [-0.2, -0.15) is 10.4 Å². The van der Waals surface area contributed by atoms with E-state index < -0.39 is 0 Å². The van der Waals surface area contributed by atoms with Crippen LogP contribution in [0.5, 0.6) is 0 Å². The average Bonchev–Trinajstić information content (AvgIpc) is 3.50. The van der Waals surface area contributed by atoms with Crippen LogP contribution in [0.4, 0.5) is 0 Å². The first-order valence-corrected chi connectivity index (χ1v) is 13.9. The van der Waals surface area contributed by atoms with Gasteiger partial charge in [0.1, 0.15) is 11.6 Å². The van der Waals surface area contributed by atoms with Gasteiger partial charge >= 0.3 is 0 Å². The van der Waals surface area contributed by atoms with E-state index >= 15 is 0 Å². The first-order chi connectivity index (χ1) is 15.9. The third-order valence-corrected chi connectivity index (χ3v) is 11.3. The Kier molecular flexibility index (Phi) is 5.44. The largest absolute Gasteiger partial charge is 0.297 e. The maximum absolute atomic E-state index is 13.7. The Bertz CT molecular complexity index is 976. The quantitative estimate of drug-likeness (QED) is 0.506. The molecule has 6 rings (SSSR count). The SMILES string of the molecule is C[C@H]1CC[C@H]2[C@H](CC[C@H]3C4[C@H](C5CC5)C[C@H](C(=O)Cn5cc(C#N)c(Cl)n5)[C@@]4(C)CC[C@H]23)C1. The predicted molar refractivity (Wildman–Crippen MR) is 128 cm³/mol. The summed E-state index contributed by atoms with van der Waals surface area (Å²) in [6, 6.07) is 2.07. The molecule has 0 radical (unpaired) electrons. The molecule has 0 saturated heterocycles. The van der Waals surface area contributed by atoms with Gasteiger partial charge in [-0.05, 0) is 111 Å². The van der Waals surface area contributed by atoms with Gasteiger partial charge in [0.2, 0.25) is 0 Å². The number of ketones is 1. The molecule has 0 aliphatic heterocycles. The van der Waals surface area contributed by atoms with Crippen molar-refractivity contribution in [3.8, 4) is 6.07 Å². The minimum absolute atomic E-state index is 0.131. The zero-order chi connectivity index (χ0) is 22.9. The molecule has 0 bridgehead atoms. The Morgan fingerprint density at radius 2 is 1.85 bits per heavy atom. The monoisotopic (exact) mass is 467 g/mol. The number of Topliss-reactive ketones (excluding diaryl/α,β-unsaturated/α-hetero) is 1. The molecule has 5 heteroatoms. The van der Waals surface area contributed by atoms with Gasteiger partial charge in [0, 0.05) is 12.1 Å². The van der Waals surface area contributed by atoms with E-state index in [2.05, 4.69) is 25.0 Å². The van der Waals surface area contributed by atoms with Crippen LogP contribution >= 0.6 is 11.6 Å². The molecule has 5 saturated carbocycles. The fourth-order valence-corrected chi connectivity index (χ4v) is 9.79. The van der Waals surface area contributed by atoms with Crippen LogP contribution in [0.1, 0.15) is 83.6 Å². The number of aromatic nitrogens is 2. The minimum Gasteiger partial charge on any atom is -0.297 e. The maximum atomic E-state index is 13.7. The number of carbonyl (C=O) groups is 1. The topological polar surface area (TPSA) is 58.7 Å². The molecule has 9 atom stereocenters. The summed E-state index contributed by atoms with van der Waals surface area (Å²) in [6.45, 7) is 5.19. The lowest BCUT2D eigenvalue weighted by Crippen LogP contribution is -2.50. The molecule has 1 aromatic rings. The number of fused-ring (bicyclic) bond motifs is 5. The molecule has 178 valence electrons. The van der Waals surface area contributed by atoms with E-state index in [1.54, 1.807) is 10.9 Å². The second kappa shape index (κ2) is 8.11. The Morgan fingerprint density at radius 1 is 1.09 bits per heavy atom. The Balaban J connectivity index is 1.26. The van der Waals surface area contributed by atoms with Crippen molar-refractivity contribution in [2.24, 2.45) is 58.7 Å². The molecular weight excluding hydrogens is 430 g/mol. The number of hydrogen-bond acceptors (Lipinski definition) is 3. The normalized spacial score (nSPS) is 44.4. The predicted octanol–water partition coefficient (Wildman–Crippen LogP) is 6.52. The summed E-state index contributed by atoms with van der Waals surface area (Å²) in [5, 5.41) is 13.7. The molecule has 0 spiro atoms. The molecule has 1 aromatic heterocycles. The van der Waals surface area contributed by atoms with Gasteiger partial charge in [0.05, 0.1) is 6.54 Å². The van der Waals surface area contributed by atoms with E-state index in [-0.39, 0.29) is 23.0 Å².